The maximum atomic E-state index is 6.45. The molecule has 0 aliphatic heterocycles. The molecule has 0 fully saturated rings. The predicted octanol–water partition coefficient (Wildman–Crippen LogP) is 8.47. The molecule has 158 valence electrons. The van der Waals surface area contributed by atoms with Crippen LogP contribution in [0.3, 0.4) is 0 Å². The number of pyridine rings is 1. The van der Waals surface area contributed by atoms with Crippen molar-refractivity contribution in [2.75, 3.05) is 0 Å². The smallest absolute Gasteiger partial charge is 0.144 e. The Balaban J connectivity index is 1.46. The van der Waals surface area contributed by atoms with Crippen LogP contribution in [0.15, 0.2) is 120 Å². The van der Waals surface area contributed by atoms with Crippen LogP contribution in [0.2, 0.25) is 0 Å². The SMILES string of the molecule is CC(c1ccccc1)c1ccnc(-c2cccc3c2oc2cc(-c4ccccc4)ccc23)c1. The summed E-state index contributed by atoms with van der Waals surface area (Å²) < 4.78 is 6.45. The molecule has 0 aliphatic carbocycles. The van der Waals surface area contributed by atoms with E-state index in [1.165, 1.54) is 16.7 Å². The van der Waals surface area contributed by atoms with Gasteiger partial charge in [-0.05, 0) is 52.6 Å². The monoisotopic (exact) mass is 425 g/mol. The van der Waals surface area contributed by atoms with Crippen molar-refractivity contribution >= 4 is 21.9 Å². The van der Waals surface area contributed by atoms with E-state index in [9.17, 15) is 0 Å². The molecule has 1 unspecified atom stereocenters. The van der Waals surface area contributed by atoms with Crippen molar-refractivity contribution in [3.8, 4) is 22.4 Å². The largest absolute Gasteiger partial charge is 0.455 e. The highest BCUT2D eigenvalue weighted by atomic mass is 16.3. The lowest BCUT2D eigenvalue weighted by molar-refractivity contribution is 0.670. The maximum absolute atomic E-state index is 6.45. The molecule has 1 atom stereocenters. The third-order valence-corrected chi connectivity index (χ3v) is 6.47. The molecule has 2 heterocycles. The van der Waals surface area contributed by atoms with Gasteiger partial charge >= 0.3 is 0 Å². The van der Waals surface area contributed by atoms with Crippen molar-refractivity contribution < 1.29 is 4.42 Å². The second-order valence-corrected chi connectivity index (χ2v) is 8.47. The van der Waals surface area contributed by atoms with E-state index in [4.69, 9.17) is 9.40 Å². The summed E-state index contributed by atoms with van der Waals surface area (Å²) >= 11 is 0. The first kappa shape index (κ1) is 19.5. The molecule has 33 heavy (non-hydrogen) atoms. The lowest BCUT2D eigenvalue weighted by Gasteiger charge is -2.13. The number of hydrogen-bond donors (Lipinski definition) is 0. The average Bonchev–Trinajstić information content (AvgIpc) is 3.27. The quantitative estimate of drug-likeness (QED) is 0.283. The van der Waals surface area contributed by atoms with Gasteiger partial charge in [0.1, 0.15) is 11.2 Å². The summed E-state index contributed by atoms with van der Waals surface area (Å²) in [7, 11) is 0. The molecule has 0 saturated heterocycles. The van der Waals surface area contributed by atoms with Crippen molar-refractivity contribution in [1.29, 1.82) is 0 Å². The number of hydrogen-bond acceptors (Lipinski definition) is 2. The summed E-state index contributed by atoms with van der Waals surface area (Å²) in [5, 5.41) is 2.24. The van der Waals surface area contributed by atoms with Crippen LogP contribution in [-0.2, 0) is 0 Å². The van der Waals surface area contributed by atoms with Crippen LogP contribution in [0.1, 0.15) is 24.0 Å². The third-order valence-electron chi connectivity index (χ3n) is 6.47. The first-order chi connectivity index (χ1) is 16.3. The minimum Gasteiger partial charge on any atom is -0.455 e. The van der Waals surface area contributed by atoms with E-state index in [1.54, 1.807) is 0 Å². The van der Waals surface area contributed by atoms with Crippen LogP contribution < -0.4 is 0 Å². The first-order valence-electron chi connectivity index (χ1n) is 11.3. The minimum absolute atomic E-state index is 0.288. The van der Waals surface area contributed by atoms with Gasteiger partial charge in [0.2, 0.25) is 0 Å². The lowest BCUT2D eigenvalue weighted by atomic mass is 9.92. The van der Waals surface area contributed by atoms with Crippen molar-refractivity contribution in [3.05, 3.63) is 127 Å². The maximum Gasteiger partial charge on any atom is 0.144 e. The Bertz CT molecular complexity index is 1570. The Labute approximate surface area is 193 Å². The molecular formula is C31H23NO. The molecule has 0 aliphatic rings. The number of fused-ring (bicyclic) bond motifs is 3. The van der Waals surface area contributed by atoms with Gasteiger partial charge in [0.15, 0.2) is 0 Å². The van der Waals surface area contributed by atoms with E-state index in [2.05, 4.69) is 110 Å². The molecule has 0 radical (unpaired) electrons. The lowest BCUT2D eigenvalue weighted by Crippen LogP contribution is -1.97. The second-order valence-electron chi connectivity index (χ2n) is 8.47. The zero-order chi connectivity index (χ0) is 22.2. The number of nitrogens with zero attached hydrogens (tertiary/aromatic N) is 1. The van der Waals surface area contributed by atoms with Gasteiger partial charge in [0.05, 0.1) is 5.69 Å². The van der Waals surface area contributed by atoms with Gasteiger partial charge in [0.25, 0.3) is 0 Å². The molecular weight excluding hydrogens is 402 g/mol. The molecule has 2 aromatic heterocycles. The number of benzene rings is 4. The van der Waals surface area contributed by atoms with Crippen molar-refractivity contribution in [2.45, 2.75) is 12.8 Å². The molecule has 4 aromatic carbocycles. The molecule has 6 rings (SSSR count). The van der Waals surface area contributed by atoms with Crippen molar-refractivity contribution in [1.82, 2.24) is 4.98 Å². The van der Waals surface area contributed by atoms with Crippen LogP contribution in [0.4, 0.5) is 0 Å². The summed E-state index contributed by atoms with van der Waals surface area (Å²) in [5.74, 6) is 0.288. The van der Waals surface area contributed by atoms with Crippen LogP contribution in [0.25, 0.3) is 44.3 Å². The zero-order valence-electron chi connectivity index (χ0n) is 18.4. The summed E-state index contributed by atoms with van der Waals surface area (Å²) in [5.41, 5.74) is 8.61. The van der Waals surface area contributed by atoms with Gasteiger partial charge in [-0.1, -0.05) is 85.8 Å². The number of aromatic nitrogens is 1. The molecule has 0 spiro atoms. The van der Waals surface area contributed by atoms with E-state index >= 15 is 0 Å². The number of rotatable bonds is 4. The molecule has 6 aromatic rings. The Kier molecular flexibility index (Phi) is 4.77. The molecule has 2 heteroatoms. The summed E-state index contributed by atoms with van der Waals surface area (Å²) in [6.45, 7) is 2.24. The van der Waals surface area contributed by atoms with Gasteiger partial charge < -0.3 is 4.42 Å². The van der Waals surface area contributed by atoms with Gasteiger partial charge in [-0.15, -0.1) is 0 Å². The first-order valence-corrected chi connectivity index (χ1v) is 11.3. The van der Waals surface area contributed by atoms with Gasteiger partial charge in [-0.25, -0.2) is 0 Å². The Morgan fingerprint density at radius 2 is 1.42 bits per heavy atom. The van der Waals surface area contributed by atoms with Crippen LogP contribution >= 0.6 is 0 Å². The highest BCUT2D eigenvalue weighted by Gasteiger charge is 2.15. The second kappa shape index (κ2) is 8.07. The molecule has 2 nitrogen and oxygen atoms in total. The summed E-state index contributed by atoms with van der Waals surface area (Å²) in [6.07, 6.45) is 1.90. The van der Waals surface area contributed by atoms with Gasteiger partial charge in [-0.2, -0.15) is 0 Å². The molecule has 0 bridgehead atoms. The Morgan fingerprint density at radius 3 is 2.24 bits per heavy atom. The third kappa shape index (κ3) is 3.50. The topological polar surface area (TPSA) is 26.0 Å². The fourth-order valence-corrected chi connectivity index (χ4v) is 4.61. The van der Waals surface area contributed by atoms with E-state index in [-0.39, 0.29) is 5.92 Å². The van der Waals surface area contributed by atoms with Gasteiger partial charge in [0, 0.05) is 28.5 Å². The fraction of sp³-hybridized carbons (Fsp3) is 0.0645. The van der Waals surface area contributed by atoms with Crippen molar-refractivity contribution in [2.24, 2.45) is 0 Å². The fourth-order valence-electron chi connectivity index (χ4n) is 4.61. The normalized spacial score (nSPS) is 12.3. The van der Waals surface area contributed by atoms with E-state index < -0.39 is 0 Å². The Hall–Kier alpha value is -4.17. The predicted molar refractivity (Wildman–Crippen MR) is 136 cm³/mol. The average molecular weight is 426 g/mol. The number of para-hydroxylation sites is 1. The van der Waals surface area contributed by atoms with E-state index in [0.717, 1.165) is 38.8 Å². The number of furan rings is 1. The highest BCUT2D eigenvalue weighted by Crippen LogP contribution is 2.37. The van der Waals surface area contributed by atoms with E-state index in [1.807, 2.05) is 12.3 Å². The zero-order valence-corrected chi connectivity index (χ0v) is 18.4. The van der Waals surface area contributed by atoms with E-state index in [0.29, 0.717) is 0 Å². The molecule has 0 amide bonds. The van der Waals surface area contributed by atoms with Crippen LogP contribution in [0.5, 0.6) is 0 Å². The molecule has 0 saturated carbocycles. The minimum atomic E-state index is 0.288. The van der Waals surface area contributed by atoms with Crippen LogP contribution in [0, 0.1) is 0 Å². The highest BCUT2D eigenvalue weighted by molar-refractivity contribution is 6.10. The Morgan fingerprint density at radius 1 is 0.636 bits per heavy atom. The van der Waals surface area contributed by atoms with Crippen molar-refractivity contribution in [3.63, 3.8) is 0 Å². The van der Waals surface area contributed by atoms with Gasteiger partial charge in [-0.3, -0.25) is 4.98 Å². The standard InChI is InChI=1S/C31H23NO/c1-21(22-9-4-2-5-10-22)24-17-18-32-29(19-24)28-14-8-13-27-26-16-15-25(20-30(26)33-31(27)28)23-11-6-3-7-12-23/h2-21H,1H3. The van der Waals surface area contributed by atoms with Crippen LogP contribution in [-0.4, -0.2) is 4.98 Å². The molecule has 0 N–H and O–H groups in total. The summed E-state index contributed by atoms with van der Waals surface area (Å²) in [6, 6.07) is 38.1. The summed E-state index contributed by atoms with van der Waals surface area (Å²) in [4.78, 5) is 4.71.